The molecule has 0 aliphatic carbocycles. The number of alkyl halides is 3. The normalized spacial score (nSPS) is 11.4. The van der Waals surface area contributed by atoms with Gasteiger partial charge >= 0.3 is 11.9 Å². The van der Waals surface area contributed by atoms with Crippen molar-refractivity contribution in [1.82, 2.24) is 14.5 Å². The second-order valence-corrected chi connectivity index (χ2v) is 4.07. The van der Waals surface area contributed by atoms with Gasteiger partial charge in [0.1, 0.15) is 17.6 Å². The van der Waals surface area contributed by atoms with Crippen LogP contribution in [-0.4, -0.2) is 26.0 Å². The lowest BCUT2D eigenvalue weighted by atomic mass is 10.2. The molecule has 0 aromatic carbocycles. The first kappa shape index (κ1) is 14.8. The lowest BCUT2D eigenvalue weighted by Gasteiger charge is -2.10. The van der Waals surface area contributed by atoms with Gasteiger partial charge in [-0.1, -0.05) is 0 Å². The number of aromatic nitrogens is 3. The van der Waals surface area contributed by atoms with Gasteiger partial charge in [-0.05, 0) is 6.07 Å². The smallest absolute Gasteiger partial charge is 0.378 e. The minimum atomic E-state index is -4.66. The molecular formula is C11H10F3N5O2. The predicted octanol–water partition coefficient (Wildman–Crippen LogP) is 2.32. The summed E-state index contributed by atoms with van der Waals surface area (Å²) in [6, 6.07) is 0.631. The number of anilines is 1. The van der Waals surface area contributed by atoms with Gasteiger partial charge in [0.2, 0.25) is 0 Å². The predicted molar refractivity (Wildman–Crippen MR) is 66.6 cm³/mol. The highest BCUT2D eigenvalue weighted by molar-refractivity contribution is 5.61. The van der Waals surface area contributed by atoms with Gasteiger partial charge in [0, 0.05) is 25.5 Å². The molecule has 0 aliphatic rings. The first-order valence-corrected chi connectivity index (χ1v) is 5.79. The fourth-order valence-corrected chi connectivity index (χ4v) is 1.63. The van der Waals surface area contributed by atoms with E-state index < -0.39 is 22.5 Å². The van der Waals surface area contributed by atoms with Crippen LogP contribution < -0.4 is 5.32 Å². The molecule has 1 N–H and O–H groups in total. The Balaban J connectivity index is 2.16. The maximum atomic E-state index is 12.6. The Bertz CT molecular complexity index is 627. The Morgan fingerprint density at radius 2 is 2.19 bits per heavy atom. The number of pyridine rings is 1. The first-order chi connectivity index (χ1) is 9.88. The quantitative estimate of drug-likeness (QED) is 0.676. The molecule has 0 atom stereocenters. The van der Waals surface area contributed by atoms with Crippen molar-refractivity contribution >= 4 is 11.4 Å². The van der Waals surface area contributed by atoms with Crippen LogP contribution in [0, 0.1) is 10.1 Å². The Morgan fingerprint density at radius 3 is 2.76 bits per heavy atom. The van der Waals surface area contributed by atoms with Gasteiger partial charge in [-0.2, -0.15) is 13.2 Å². The molecule has 0 radical (unpaired) electrons. The highest BCUT2D eigenvalue weighted by Gasteiger charge is 2.34. The monoisotopic (exact) mass is 301 g/mol. The second-order valence-electron chi connectivity index (χ2n) is 4.07. The van der Waals surface area contributed by atoms with Crippen LogP contribution in [0.4, 0.5) is 24.5 Å². The number of halogens is 3. The van der Waals surface area contributed by atoms with Crippen LogP contribution in [0.2, 0.25) is 0 Å². The molecule has 2 aromatic rings. The molecule has 10 heteroatoms. The number of nitrogens with zero attached hydrogens (tertiary/aromatic N) is 4. The summed E-state index contributed by atoms with van der Waals surface area (Å²) in [4.78, 5) is 16.9. The van der Waals surface area contributed by atoms with Crippen LogP contribution in [0.3, 0.4) is 0 Å². The maximum absolute atomic E-state index is 12.6. The number of hydrogen-bond acceptors (Lipinski definition) is 5. The van der Waals surface area contributed by atoms with E-state index in [4.69, 9.17) is 0 Å². The van der Waals surface area contributed by atoms with Crippen molar-refractivity contribution in [3.05, 3.63) is 46.8 Å². The molecule has 0 amide bonds. The Labute approximate surface area is 116 Å². The molecule has 0 saturated carbocycles. The number of nitrogens with one attached hydrogen (secondary N) is 1. The van der Waals surface area contributed by atoms with E-state index in [1.54, 1.807) is 17.0 Å². The zero-order valence-electron chi connectivity index (χ0n) is 10.5. The molecule has 21 heavy (non-hydrogen) atoms. The molecule has 2 aromatic heterocycles. The van der Waals surface area contributed by atoms with Crippen LogP contribution in [-0.2, 0) is 12.7 Å². The van der Waals surface area contributed by atoms with Gasteiger partial charge in [0.05, 0.1) is 11.3 Å². The van der Waals surface area contributed by atoms with E-state index in [1.165, 1.54) is 6.33 Å². The summed E-state index contributed by atoms with van der Waals surface area (Å²) in [6.07, 6.45) is 0.697. The van der Waals surface area contributed by atoms with E-state index in [2.05, 4.69) is 15.3 Å². The van der Waals surface area contributed by atoms with E-state index in [-0.39, 0.29) is 12.2 Å². The Hall–Kier alpha value is -2.65. The van der Waals surface area contributed by atoms with Gasteiger partial charge < -0.3 is 9.88 Å². The minimum Gasteiger partial charge on any atom is -0.378 e. The minimum absolute atomic E-state index is 0.207. The highest BCUT2D eigenvalue weighted by atomic mass is 19.4. The number of nitro groups is 1. The number of imidazole rings is 1. The first-order valence-electron chi connectivity index (χ1n) is 5.79. The summed E-state index contributed by atoms with van der Waals surface area (Å²) in [5.41, 5.74) is -1.91. The van der Waals surface area contributed by atoms with E-state index in [1.807, 2.05) is 0 Å². The summed E-state index contributed by atoms with van der Waals surface area (Å²) in [7, 11) is 0. The van der Waals surface area contributed by atoms with Crippen molar-refractivity contribution in [3.8, 4) is 0 Å². The summed E-state index contributed by atoms with van der Waals surface area (Å²) < 4.78 is 39.4. The second kappa shape index (κ2) is 5.77. The third-order valence-electron chi connectivity index (χ3n) is 2.61. The molecular weight excluding hydrogens is 291 g/mol. The third kappa shape index (κ3) is 3.68. The molecule has 2 rings (SSSR count). The van der Waals surface area contributed by atoms with Crippen molar-refractivity contribution in [1.29, 1.82) is 0 Å². The van der Waals surface area contributed by atoms with Gasteiger partial charge in [0.15, 0.2) is 0 Å². The summed E-state index contributed by atoms with van der Waals surface area (Å²) in [5.74, 6) is 0. The molecule has 112 valence electrons. The summed E-state index contributed by atoms with van der Waals surface area (Å²) in [6.45, 7) is 0.610. The average Bonchev–Trinajstić information content (AvgIpc) is 2.90. The van der Waals surface area contributed by atoms with Crippen LogP contribution in [0.15, 0.2) is 31.0 Å². The molecule has 0 aliphatic heterocycles. The Kier molecular flexibility index (Phi) is 4.05. The van der Waals surface area contributed by atoms with Crippen LogP contribution in [0.5, 0.6) is 0 Å². The van der Waals surface area contributed by atoms with E-state index in [0.29, 0.717) is 18.8 Å². The SMILES string of the molecule is O=[N+]([O-])c1cnc(C(F)(F)F)cc1NCCn1ccnc1. The third-order valence-corrected chi connectivity index (χ3v) is 2.61. The van der Waals surface area contributed by atoms with Crippen molar-refractivity contribution in [2.45, 2.75) is 12.7 Å². The topological polar surface area (TPSA) is 85.9 Å². The largest absolute Gasteiger partial charge is 0.433 e. The van der Waals surface area contributed by atoms with Crippen molar-refractivity contribution in [3.63, 3.8) is 0 Å². The lowest BCUT2D eigenvalue weighted by molar-refractivity contribution is -0.384. The maximum Gasteiger partial charge on any atom is 0.433 e. The lowest BCUT2D eigenvalue weighted by Crippen LogP contribution is -2.13. The summed E-state index contributed by atoms with van der Waals surface area (Å²) >= 11 is 0. The number of hydrogen-bond donors (Lipinski definition) is 1. The van der Waals surface area contributed by atoms with E-state index in [0.717, 1.165) is 0 Å². The Morgan fingerprint density at radius 1 is 1.43 bits per heavy atom. The number of rotatable bonds is 5. The van der Waals surface area contributed by atoms with Gasteiger partial charge in [0.25, 0.3) is 0 Å². The van der Waals surface area contributed by atoms with Crippen molar-refractivity contribution < 1.29 is 18.1 Å². The molecule has 7 nitrogen and oxygen atoms in total. The van der Waals surface area contributed by atoms with Crippen molar-refractivity contribution in [2.24, 2.45) is 0 Å². The van der Waals surface area contributed by atoms with Gasteiger partial charge in [-0.25, -0.2) is 9.97 Å². The fourth-order valence-electron chi connectivity index (χ4n) is 1.63. The van der Waals surface area contributed by atoms with Gasteiger partial charge in [-0.3, -0.25) is 10.1 Å². The fraction of sp³-hybridized carbons (Fsp3) is 0.273. The highest BCUT2D eigenvalue weighted by Crippen LogP contribution is 2.32. The van der Waals surface area contributed by atoms with Gasteiger partial charge in [-0.15, -0.1) is 0 Å². The molecule has 0 saturated heterocycles. The van der Waals surface area contributed by atoms with Crippen LogP contribution in [0.25, 0.3) is 0 Å². The molecule has 0 spiro atoms. The zero-order chi connectivity index (χ0) is 15.5. The molecule has 0 unspecified atom stereocenters. The molecule has 0 bridgehead atoms. The van der Waals surface area contributed by atoms with Crippen LogP contribution >= 0.6 is 0 Å². The standard InChI is InChI=1S/C11H10F3N5O2/c12-11(13,14)10-5-8(9(6-17-10)19(20)21)16-2-4-18-3-1-15-7-18/h1,3,5-7H,2,4H2,(H,16,17). The van der Waals surface area contributed by atoms with E-state index >= 15 is 0 Å². The molecule has 2 heterocycles. The average molecular weight is 301 g/mol. The molecule has 0 fully saturated rings. The zero-order valence-corrected chi connectivity index (χ0v) is 10.5. The van der Waals surface area contributed by atoms with Crippen LogP contribution in [0.1, 0.15) is 5.69 Å². The van der Waals surface area contributed by atoms with E-state index in [9.17, 15) is 23.3 Å². The van der Waals surface area contributed by atoms with Crippen molar-refractivity contribution in [2.75, 3.05) is 11.9 Å². The summed E-state index contributed by atoms with van der Waals surface area (Å²) in [5, 5.41) is 13.4.